The molecule has 33 heavy (non-hydrogen) atoms. The second-order valence-electron chi connectivity index (χ2n) is 5.89. The molecule has 0 aromatic heterocycles. The molecule has 206 valence electrons. The summed E-state index contributed by atoms with van der Waals surface area (Å²) in [6, 6.07) is 2.46. The van der Waals surface area contributed by atoms with E-state index in [0.29, 0.717) is 5.78 Å². The molecule has 0 aromatic carbocycles. The van der Waals surface area contributed by atoms with Gasteiger partial charge in [-0.3, -0.25) is 4.79 Å². The molecule has 2 aliphatic heterocycles. The summed E-state index contributed by atoms with van der Waals surface area (Å²) in [7, 11) is 5.67. The van der Waals surface area contributed by atoms with Crippen molar-refractivity contribution in [3.05, 3.63) is 0 Å². The van der Waals surface area contributed by atoms with Crippen LogP contribution >= 0.6 is 0 Å². The van der Waals surface area contributed by atoms with Gasteiger partial charge in [-0.1, -0.05) is 90.0 Å². The number of piperidine rings is 2. The van der Waals surface area contributed by atoms with Gasteiger partial charge >= 0.3 is 0 Å². The third kappa shape index (κ3) is 35.8. The molecular weight excluding hydrogens is 408 g/mol. The van der Waals surface area contributed by atoms with Crippen LogP contribution in [0.1, 0.15) is 122 Å². The standard InChI is InChI=1S/C9H16N2.C6H11NO.6C2H6.CH5N/c1-3-9(8-10)4-6-11(2)7-5-9;1-7-4-2-6(8)3-5-7;7*1-2/h3-7H2,1-2H3;2-5H2,1H3;6*1-2H3;2H2,1H3. The first-order valence-corrected chi connectivity index (χ1v) is 13.9. The van der Waals surface area contributed by atoms with Crippen molar-refractivity contribution < 1.29 is 4.79 Å². The van der Waals surface area contributed by atoms with Gasteiger partial charge in [0.25, 0.3) is 0 Å². The van der Waals surface area contributed by atoms with Crippen molar-refractivity contribution in [3.63, 3.8) is 0 Å². The van der Waals surface area contributed by atoms with E-state index in [4.69, 9.17) is 5.26 Å². The summed E-state index contributed by atoms with van der Waals surface area (Å²) in [5.74, 6) is 0.420. The van der Waals surface area contributed by atoms with Gasteiger partial charge in [-0.2, -0.15) is 5.26 Å². The molecule has 2 heterocycles. The van der Waals surface area contributed by atoms with Crippen molar-refractivity contribution in [2.75, 3.05) is 47.3 Å². The highest BCUT2D eigenvalue weighted by Crippen LogP contribution is 2.33. The minimum Gasteiger partial charge on any atom is -0.333 e. The van der Waals surface area contributed by atoms with Crippen molar-refractivity contribution in [2.45, 2.75) is 122 Å². The fraction of sp³-hybridized carbons (Fsp3) is 0.929. The van der Waals surface area contributed by atoms with Crippen LogP contribution in [-0.2, 0) is 4.79 Å². The summed E-state index contributed by atoms with van der Waals surface area (Å²) >= 11 is 0. The van der Waals surface area contributed by atoms with E-state index in [0.717, 1.165) is 58.3 Å². The van der Waals surface area contributed by atoms with Crippen molar-refractivity contribution >= 4 is 5.78 Å². The highest BCUT2D eigenvalue weighted by atomic mass is 16.1. The first kappa shape index (κ1) is 49.2. The average Bonchev–Trinajstić information content (AvgIpc) is 2.95. The number of nitrogens with zero attached hydrogens (tertiary/aromatic N) is 3. The summed E-state index contributed by atoms with van der Waals surface area (Å²) in [6.07, 6.45) is 4.64. The number of nitriles is 1. The van der Waals surface area contributed by atoms with E-state index in [2.05, 4.69) is 35.6 Å². The molecule has 2 fully saturated rings. The molecule has 5 heteroatoms. The Hall–Kier alpha value is -0.960. The number of Topliss-reactive ketones (excluding diaryl/α,β-unsaturated/α-hetero) is 1. The molecule has 0 atom stereocenters. The Morgan fingerprint density at radius 2 is 1.00 bits per heavy atom. The Kier molecular flexibility index (Phi) is 72.3. The van der Waals surface area contributed by atoms with E-state index >= 15 is 0 Å². The van der Waals surface area contributed by atoms with Crippen LogP contribution in [0.15, 0.2) is 0 Å². The molecule has 2 aliphatic rings. The van der Waals surface area contributed by atoms with E-state index in [1.165, 1.54) is 7.05 Å². The van der Waals surface area contributed by atoms with Crippen LogP contribution in [0.3, 0.4) is 0 Å². The lowest BCUT2D eigenvalue weighted by Gasteiger charge is -2.34. The van der Waals surface area contributed by atoms with Crippen LogP contribution in [-0.4, -0.2) is 62.9 Å². The molecule has 0 aromatic rings. The van der Waals surface area contributed by atoms with Crippen molar-refractivity contribution in [1.29, 1.82) is 5.26 Å². The van der Waals surface area contributed by atoms with Gasteiger partial charge in [0.05, 0.1) is 11.5 Å². The highest BCUT2D eigenvalue weighted by molar-refractivity contribution is 5.79. The summed E-state index contributed by atoms with van der Waals surface area (Å²) < 4.78 is 0. The van der Waals surface area contributed by atoms with Crippen LogP contribution in [0.25, 0.3) is 0 Å². The summed E-state index contributed by atoms with van der Waals surface area (Å²) in [6.45, 7) is 30.2. The third-order valence-electron chi connectivity index (χ3n) is 4.40. The number of rotatable bonds is 1. The Balaban J connectivity index is -0.0000000544. The van der Waals surface area contributed by atoms with Gasteiger partial charge in [0.1, 0.15) is 5.78 Å². The van der Waals surface area contributed by atoms with E-state index in [-0.39, 0.29) is 5.41 Å². The minimum absolute atomic E-state index is 0.00646. The smallest absolute Gasteiger partial charge is 0.135 e. The number of nitrogens with two attached hydrogens (primary N) is 1. The van der Waals surface area contributed by atoms with Crippen molar-refractivity contribution in [2.24, 2.45) is 11.1 Å². The number of ketones is 1. The molecule has 0 radical (unpaired) electrons. The third-order valence-corrected chi connectivity index (χ3v) is 4.40. The Bertz CT molecular complexity index is 323. The Morgan fingerprint density at radius 1 is 0.727 bits per heavy atom. The maximum Gasteiger partial charge on any atom is 0.135 e. The van der Waals surface area contributed by atoms with Gasteiger partial charge in [-0.25, -0.2) is 0 Å². The van der Waals surface area contributed by atoms with E-state index in [1.54, 1.807) is 0 Å². The van der Waals surface area contributed by atoms with E-state index < -0.39 is 0 Å². The van der Waals surface area contributed by atoms with Crippen LogP contribution in [0.5, 0.6) is 0 Å². The van der Waals surface area contributed by atoms with Crippen molar-refractivity contribution in [3.8, 4) is 6.07 Å². The largest absolute Gasteiger partial charge is 0.333 e. The summed E-state index contributed by atoms with van der Waals surface area (Å²) in [5.41, 5.74) is 4.51. The molecule has 2 rings (SSSR count). The molecule has 2 N–H and O–H groups in total. The Labute approximate surface area is 212 Å². The van der Waals surface area contributed by atoms with Gasteiger partial charge in [0, 0.05) is 25.9 Å². The molecular formula is C28H68N4O. The topological polar surface area (TPSA) is 73.4 Å². The van der Waals surface area contributed by atoms with Gasteiger partial charge in [0.2, 0.25) is 0 Å². The molecule has 0 bridgehead atoms. The molecule has 0 saturated carbocycles. The van der Waals surface area contributed by atoms with Crippen molar-refractivity contribution in [1.82, 2.24) is 9.80 Å². The van der Waals surface area contributed by atoms with Gasteiger partial charge in [0.15, 0.2) is 0 Å². The lowest BCUT2D eigenvalue weighted by atomic mass is 9.78. The quantitative estimate of drug-likeness (QED) is 0.421. The molecule has 0 spiro atoms. The second-order valence-corrected chi connectivity index (χ2v) is 5.89. The second kappa shape index (κ2) is 48.5. The van der Waals surface area contributed by atoms with E-state index in [9.17, 15) is 4.79 Å². The summed E-state index contributed by atoms with van der Waals surface area (Å²) in [4.78, 5) is 15.1. The number of carbonyl (C=O) groups excluding carboxylic acids is 1. The normalized spacial score (nSPS) is 15.2. The Morgan fingerprint density at radius 3 is 1.21 bits per heavy atom. The zero-order valence-corrected chi connectivity index (χ0v) is 26.2. The van der Waals surface area contributed by atoms with Crippen LogP contribution in [0.2, 0.25) is 0 Å². The van der Waals surface area contributed by atoms with Gasteiger partial charge < -0.3 is 15.5 Å². The molecule has 0 unspecified atom stereocenters. The monoisotopic (exact) mass is 477 g/mol. The maximum absolute atomic E-state index is 10.6. The fourth-order valence-corrected chi connectivity index (χ4v) is 2.46. The minimum atomic E-state index is 0.00646. The number of hydrogen-bond acceptors (Lipinski definition) is 5. The number of hydrogen-bond donors (Lipinski definition) is 1. The molecule has 5 nitrogen and oxygen atoms in total. The van der Waals surface area contributed by atoms with Crippen LogP contribution in [0.4, 0.5) is 0 Å². The van der Waals surface area contributed by atoms with Crippen LogP contribution < -0.4 is 5.73 Å². The first-order valence-electron chi connectivity index (χ1n) is 13.9. The highest BCUT2D eigenvalue weighted by Gasteiger charge is 2.31. The van der Waals surface area contributed by atoms with Crippen LogP contribution in [0, 0.1) is 16.7 Å². The van der Waals surface area contributed by atoms with Gasteiger partial charge in [-0.05, 0) is 53.5 Å². The number of likely N-dealkylation sites (tertiary alicyclic amines) is 2. The zero-order valence-electron chi connectivity index (χ0n) is 26.2. The summed E-state index contributed by atoms with van der Waals surface area (Å²) in [5, 5.41) is 8.96. The SMILES string of the molecule is CC.CC.CC.CC.CC.CC.CCC1(C#N)CCN(C)CC1.CN.CN1CCC(=O)CC1. The fourth-order valence-electron chi connectivity index (χ4n) is 2.46. The lowest BCUT2D eigenvalue weighted by molar-refractivity contribution is -0.121. The predicted molar refractivity (Wildman–Crippen MR) is 155 cm³/mol. The maximum atomic E-state index is 10.6. The van der Waals surface area contributed by atoms with E-state index in [1.807, 2.05) is 90.1 Å². The molecule has 2 saturated heterocycles. The zero-order chi connectivity index (χ0) is 28.3. The molecule has 0 aliphatic carbocycles. The lowest BCUT2D eigenvalue weighted by Crippen LogP contribution is -2.36. The van der Waals surface area contributed by atoms with Gasteiger partial charge in [-0.15, -0.1) is 0 Å². The molecule has 0 amide bonds. The predicted octanol–water partition coefficient (Wildman–Crippen LogP) is 7.65. The first-order chi connectivity index (χ1) is 16.0. The average molecular weight is 477 g/mol. The number of carbonyl (C=O) groups is 1.